The van der Waals surface area contributed by atoms with Gasteiger partial charge in [0.2, 0.25) is 0 Å². The van der Waals surface area contributed by atoms with Gasteiger partial charge in [-0.05, 0) is 170 Å². The summed E-state index contributed by atoms with van der Waals surface area (Å²) in [4.78, 5) is 0. The molecule has 0 aliphatic rings. The first-order valence-corrected chi connectivity index (χ1v) is 19.5. The van der Waals surface area contributed by atoms with Crippen LogP contribution >= 0.6 is 0 Å². The van der Waals surface area contributed by atoms with Crippen molar-refractivity contribution in [3.63, 3.8) is 0 Å². The number of nitrogen functional groups attached to an aromatic ring is 8. The molecule has 0 aliphatic carbocycles. The van der Waals surface area contributed by atoms with Crippen molar-refractivity contribution in [2.24, 2.45) is 0 Å². The molecule has 0 aromatic heterocycles. The average molecular weight is 773 g/mol. The fourth-order valence-corrected chi connectivity index (χ4v) is 8.01. The summed E-state index contributed by atoms with van der Waals surface area (Å²) in [5.41, 5.74) is 69.6. The van der Waals surface area contributed by atoms with Gasteiger partial charge in [-0.3, -0.25) is 0 Å². The Morgan fingerprint density at radius 3 is 0.627 bits per heavy atom. The minimum atomic E-state index is -0.332. The van der Waals surface area contributed by atoms with Crippen LogP contribution in [0.15, 0.2) is 170 Å². The second kappa shape index (κ2) is 16.0. The molecule has 0 spiro atoms. The summed E-state index contributed by atoms with van der Waals surface area (Å²) < 4.78 is 0. The highest BCUT2D eigenvalue weighted by atomic mass is 14.6. The van der Waals surface area contributed by atoms with Crippen LogP contribution in [0, 0.1) is 0 Å². The number of hydrogen-bond donors (Lipinski definition) is 8. The zero-order chi connectivity index (χ0) is 41.2. The molecule has 292 valence electrons. The molecule has 8 heteroatoms. The molecule has 0 aliphatic heterocycles. The summed E-state index contributed by atoms with van der Waals surface area (Å²) in [5, 5.41) is 0. The first-order chi connectivity index (χ1) is 28.5. The number of anilines is 8. The Kier molecular flexibility index (Phi) is 10.3. The molecule has 16 N–H and O–H groups in total. The van der Waals surface area contributed by atoms with Crippen molar-refractivity contribution in [2.45, 2.75) is 18.3 Å². The minimum absolute atomic E-state index is 0.332. The van der Waals surface area contributed by atoms with E-state index in [1.165, 1.54) is 0 Å². The van der Waals surface area contributed by atoms with Crippen LogP contribution in [0.2, 0.25) is 0 Å². The van der Waals surface area contributed by atoms with Gasteiger partial charge >= 0.3 is 0 Å². The fraction of sp³-hybridized carbons (Fsp3) is 0.0588. The van der Waals surface area contributed by atoms with E-state index in [9.17, 15) is 0 Å². The molecule has 0 saturated heterocycles. The largest absolute Gasteiger partial charge is 0.399 e. The lowest BCUT2D eigenvalue weighted by atomic mass is 9.75. The minimum Gasteiger partial charge on any atom is -0.399 e. The molecular weight excluding hydrogens is 725 g/mol. The van der Waals surface area contributed by atoms with Gasteiger partial charge in [0.15, 0.2) is 0 Å². The monoisotopic (exact) mass is 772 g/mol. The van der Waals surface area contributed by atoms with E-state index < -0.39 is 0 Å². The SMILES string of the molecule is Nc1ccc(-c2ccc(N)c(C(CC(c3cc(-c4ccc(N)cc4)ccc3N)c3cc(-c4ccc(N)cc4)ccc3N)c3cc(-c4ccc(N)cc4)ccc3N)c2)cc1. The van der Waals surface area contributed by atoms with Gasteiger partial charge in [0.25, 0.3) is 0 Å². The van der Waals surface area contributed by atoms with Crippen molar-refractivity contribution in [1.82, 2.24) is 0 Å². The van der Waals surface area contributed by atoms with Crippen LogP contribution in [0.4, 0.5) is 45.5 Å². The molecule has 0 atom stereocenters. The summed E-state index contributed by atoms with van der Waals surface area (Å²) >= 11 is 0. The van der Waals surface area contributed by atoms with Gasteiger partial charge in [-0.1, -0.05) is 72.8 Å². The molecule has 0 fully saturated rings. The van der Waals surface area contributed by atoms with E-state index in [2.05, 4.69) is 24.3 Å². The highest BCUT2D eigenvalue weighted by Crippen LogP contribution is 2.47. The Morgan fingerprint density at radius 2 is 0.424 bits per heavy atom. The Balaban J connectivity index is 1.37. The van der Waals surface area contributed by atoms with E-state index in [1.807, 2.05) is 146 Å². The molecule has 0 amide bonds. The van der Waals surface area contributed by atoms with E-state index in [1.54, 1.807) is 0 Å². The van der Waals surface area contributed by atoms with Gasteiger partial charge in [0, 0.05) is 57.3 Å². The molecule has 0 bridgehead atoms. The molecule has 59 heavy (non-hydrogen) atoms. The molecule has 0 unspecified atom stereocenters. The lowest BCUT2D eigenvalue weighted by molar-refractivity contribution is 0.649. The predicted molar refractivity (Wildman–Crippen MR) is 251 cm³/mol. The maximum atomic E-state index is 7.04. The normalized spacial score (nSPS) is 11.3. The summed E-state index contributed by atoms with van der Waals surface area (Å²) in [6.07, 6.45) is 0.509. The number of rotatable bonds is 10. The van der Waals surface area contributed by atoms with Gasteiger partial charge in [-0.25, -0.2) is 0 Å². The third-order valence-electron chi connectivity index (χ3n) is 11.3. The number of nitrogens with two attached hydrogens (primary N) is 8. The Morgan fingerprint density at radius 1 is 0.237 bits per heavy atom. The summed E-state index contributed by atoms with van der Waals surface area (Å²) in [6, 6.07) is 56.1. The maximum absolute atomic E-state index is 7.04. The second-order valence-electron chi connectivity index (χ2n) is 15.2. The van der Waals surface area contributed by atoms with Crippen LogP contribution in [-0.4, -0.2) is 0 Å². The van der Waals surface area contributed by atoms with Gasteiger partial charge in [0.1, 0.15) is 0 Å². The Bertz CT molecular complexity index is 2380. The summed E-state index contributed by atoms with van der Waals surface area (Å²) in [5.74, 6) is -0.664. The molecular formula is C51H48N8. The van der Waals surface area contributed by atoms with Crippen molar-refractivity contribution in [2.75, 3.05) is 45.9 Å². The van der Waals surface area contributed by atoms with Gasteiger partial charge < -0.3 is 45.9 Å². The van der Waals surface area contributed by atoms with Crippen LogP contribution < -0.4 is 45.9 Å². The van der Waals surface area contributed by atoms with Crippen LogP contribution in [0.25, 0.3) is 44.5 Å². The molecule has 8 rings (SSSR count). The maximum Gasteiger partial charge on any atom is 0.0353 e. The average Bonchev–Trinajstić information content (AvgIpc) is 3.24. The van der Waals surface area contributed by atoms with Crippen LogP contribution in [0.3, 0.4) is 0 Å². The Hall–Kier alpha value is -7.84. The molecule has 0 heterocycles. The highest BCUT2D eigenvalue weighted by Gasteiger charge is 2.29. The lowest BCUT2D eigenvalue weighted by Crippen LogP contribution is -2.15. The second-order valence-corrected chi connectivity index (χ2v) is 15.2. The number of benzene rings is 8. The zero-order valence-electron chi connectivity index (χ0n) is 32.6. The van der Waals surface area contributed by atoms with Crippen molar-refractivity contribution < 1.29 is 0 Å². The Labute approximate surface area is 345 Å². The van der Waals surface area contributed by atoms with E-state index in [0.29, 0.717) is 51.9 Å². The smallest absolute Gasteiger partial charge is 0.0353 e. The van der Waals surface area contributed by atoms with Crippen molar-refractivity contribution >= 4 is 45.5 Å². The molecule has 8 aromatic rings. The summed E-state index contributed by atoms with van der Waals surface area (Å²) in [6.45, 7) is 0. The lowest BCUT2D eigenvalue weighted by Gasteiger charge is -2.30. The van der Waals surface area contributed by atoms with Gasteiger partial charge in [0.05, 0.1) is 0 Å². The first kappa shape index (κ1) is 38.1. The topological polar surface area (TPSA) is 208 Å². The van der Waals surface area contributed by atoms with Crippen molar-refractivity contribution in [3.05, 3.63) is 192 Å². The van der Waals surface area contributed by atoms with E-state index >= 15 is 0 Å². The van der Waals surface area contributed by atoms with Crippen molar-refractivity contribution in [1.29, 1.82) is 0 Å². The first-order valence-electron chi connectivity index (χ1n) is 19.5. The van der Waals surface area contributed by atoms with E-state index in [-0.39, 0.29) is 11.8 Å². The fourth-order valence-electron chi connectivity index (χ4n) is 8.01. The zero-order valence-corrected chi connectivity index (χ0v) is 32.6. The van der Waals surface area contributed by atoms with Crippen LogP contribution in [0.5, 0.6) is 0 Å². The van der Waals surface area contributed by atoms with Crippen LogP contribution in [-0.2, 0) is 0 Å². The molecule has 8 aromatic carbocycles. The van der Waals surface area contributed by atoms with Gasteiger partial charge in [-0.2, -0.15) is 0 Å². The van der Waals surface area contributed by atoms with Crippen LogP contribution in [0.1, 0.15) is 40.5 Å². The molecule has 0 radical (unpaired) electrons. The van der Waals surface area contributed by atoms with E-state index in [4.69, 9.17) is 45.9 Å². The third kappa shape index (κ3) is 8.06. The predicted octanol–water partition coefficient (Wildman–Crippen LogP) is 10.4. The quantitative estimate of drug-likeness (QED) is 0.0626. The standard InChI is InChI=1S/C51H48N8/c52-38-13-1-30(2-14-38)34-9-21-48(56)44(25-34)42(45-26-35(10-22-49(45)57)31-3-15-39(53)16-4-31)29-43(46-27-36(11-23-50(46)58)32-5-17-40(54)18-6-32)47-28-37(12-24-51(47)59)33-7-19-41(55)20-8-33/h1-28,42-43H,29,52-59H2. The summed E-state index contributed by atoms with van der Waals surface area (Å²) in [7, 11) is 0. The van der Waals surface area contributed by atoms with Gasteiger partial charge in [-0.15, -0.1) is 0 Å². The van der Waals surface area contributed by atoms with E-state index in [0.717, 1.165) is 66.8 Å². The molecule has 0 saturated carbocycles. The number of hydrogen-bond acceptors (Lipinski definition) is 8. The molecule has 8 nitrogen and oxygen atoms in total. The third-order valence-corrected chi connectivity index (χ3v) is 11.3. The van der Waals surface area contributed by atoms with Crippen molar-refractivity contribution in [3.8, 4) is 44.5 Å². The highest BCUT2D eigenvalue weighted by molar-refractivity contribution is 5.76.